The number of carboxylic acid groups (broad SMARTS) is 1. The van der Waals surface area contributed by atoms with Crippen LogP contribution in [0.1, 0.15) is 16.8 Å². The molecule has 0 aliphatic rings. The van der Waals surface area contributed by atoms with Crippen molar-refractivity contribution in [2.24, 2.45) is 5.73 Å². The number of amides is 2. The molecule has 1 aromatic heterocycles. The highest BCUT2D eigenvalue weighted by Crippen LogP contribution is 2.16. The molecule has 1 aromatic carbocycles. The number of carboxylic acids is 1. The predicted molar refractivity (Wildman–Crippen MR) is 74.4 cm³/mol. The largest absolute Gasteiger partial charge is 0.481 e. The van der Waals surface area contributed by atoms with E-state index in [1.54, 1.807) is 36.5 Å². The minimum atomic E-state index is -1.27. The van der Waals surface area contributed by atoms with Crippen molar-refractivity contribution in [3.05, 3.63) is 42.1 Å². The Kier molecular flexibility index (Phi) is 4.13. The average molecular weight is 287 g/mol. The number of primary amides is 1. The van der Waals surface area contributed by atoms with E-state index in [0.717, 1.165) is 5.39 Å². The lowest BCUT2D eigenvalue weighted by Gasteiger charge is -2.14. The normalized spacial score (nSPS) is 11.8. The summed E-state index contributed by atoms with van der Waals surface area (Å²) >= 11 is 0. The topological polar surface area (TPSA) is 122 Å². The lowest BCUT2D eigenvalue weighted by atomic mass is 10.1. The highest BCUT2D eigenvalue weighted by Gasteiger charge is 2.22. The number of fused-ring (bicyclic) bond motifs is 1. The molecule has 0 unspecified atom stereocenters. The van der Waals surface area contributed by atoms with Crippen LogP contribution in [0.15, 0.2) is 36.5 Å². The molecule has 7 heteroatoms. The van der Waals surface area contributed by atoms with Crippen LogP contribution in [-0.4, -0.2) is 33.9 Å². The van der Waals surface area contributed by atoms with Gasteiger partial charge in [-0.25, -0.2) is 0 Å². The summed E-state index contributed by atoms with van der Waals surface area (Å²) in [5.41, 5.74) is 5.81. The molecule has 0 aliphatic heterocycles. The number of hydrogen-bond donors (Lipinski definition) is 3. The van der Waals surface area contributed by atoms with Crippen LogP contribution in [0.4, 0.5) is 0 Å². The van der Waals surface area contributed by atoms with Gasteiger partial charge >= 0.3 is 5.97 Å². The Balaban J connectivity index is 2.29. The number of carbonyl (C=O) groups excluding carboxylic acids is 2. The van der Waals surface area contributed by atoms with E-state index in [1.165, 1.54) is 0 Å². The SMILES string of the molecule is NC(=O)[C@H](CC(=O)O)NC(=O)c1cccc2cccnc12. The summed E-state index contributed by atoms with van der Waals surface area (Å²) in [7, 11) is 0. The highest BCUT2D eigenvalue weighted by molar-refractivity contribution is 6.06. The van der Waals surface area contributed by atoms with Gasteiger partial charge in [0, 0.05) is 11.6 Å². The number of aromatic nitrogens is 1. The van der Waals surface area contributed by atoms with Crippen molar-refractivity contribution in [2.75, 3.05) is 0 Å². The first kappa shape index (κ1) is 14.4. The number of benzene rings is 1. The van der Waals surface area contributed by atoms with Gasteiger partial charge in [0.05, 0.1) is 17.5 Å². The molecule has 1 atom stereocenters. The zero-order valence-corrected chi connectivity index (χ0v) is 10.9. The fourth-order valence-electron chi connectivity index (χ4n) is 1.92. The molecular formula is C14H13N3O4. The molecular weight excluding hydrogens is 274 g/mol. The molecule has 7 nitrogen and oxygen atoms in total. The van der Waals surface area contributed by atoms with Gasteiger partial charge in [0.25, 0.3) is 5.91 Å². The van der Waals surface area contributed by atoms with Crippen LogP contribution in [0.5, 0.6) is 0 Å². The second-order valence-electron chi connectivity index (χ2n) is 4.41. The third-order valence-electron chi connectivity index (χ3n) is 2.90. The van der Waals surface area contributed by atoms with E-state index in [9.17, 15) is 14.4 Å². The molecule has 2 rings (SSSR count). The fraction of sp³-hybridized carbons (Fsp3) is 0.143. The number of para-hydroxylation sites is 1. The van der Waals surface area contributed by atoms with E-state index in [2.05, 4.69) is 10.3 Å². The minimum absolute atomic E-state index is 0.254. The van der Waals surface area contributed by atoms with Crippen molar-refractivity contribution >= 4 is 28.7 Å². The van der Waals surface area contributed by atoms with Gasteiger partial charge in [0.2, 0.25) is 5.91 Å². The van der Waals surface area contributed by atoms with Gasteiger partial charge in [0.1, 0.15) is 6.04 Å². The second kappa shape index (κ2) is 6.00. The van der Waals surface area contributed by atoms with Gasteiger partial charge in [-0.3, -0.25) is 19.4 Å². The van der Waals surface area contributed by atoms with Crippen LogP contribution in [0.25, 0.3) is 10.9 Å². The summed E-state index contributed by atoms with van der Waals surface area (Å²) in [5, 5.41) is 11.8. The van der Waals surface area contributed by atoms with Crippen molar-refractivity contribution in [1.82, 2.24) is 10.3 Å². The van der Waals surface area contributed by atoms with E-state index < -0.39 is 30.2 Å². The van der Waals surface area contributed by atoms with Crippen LogP contribution in [0.3, 0.4) is 0 Å². The molecule has 2 aromatic rings. The summed E-state index contributed by atoms with van der Waals surface area (Å²) in [4.78, 5) is 38.2. The third-order valence-corrected chi connectivity index (χ3v) is 2.90. The zero-order chi connectivity index (χ0) is 15.4. The van der Waals surface area contributed by atoms with Crippen LogP contribution in [0.2, 0.25) is 0 Å². The molecule has 0 spiro atoms. The van der Waals surface area contributed by atoms with Gasteiger partial charge in [0.15, 0.2) is 0 Å². The molecule has 4 N–H and O–H groups in total. The van der Waals surface area contributed by atoms with Crippen LogP contribution in [-0.2, 0) is 9.59 Å². The van der Waals surface area contributed by atoms with Crippen LogP contribution in [0, 0.1) is 0 Å². The first-order valence-electron chi connectivity index (χ1n) is 6.14. The van der Waals surface area contributed by atoms with Gasteiger partial charge in [-0.1, -0.05) is 18.2 Å². The fourth-order valence-corrected chi connectivity index (χ4v) is 1.92. The number of nitrogens with zero attached hydrogens (tertiary/aromatic N) is 1. The van der Waals surface area contributed by atoms with Gasteiger partial charge in [-0.2, -0.15) is 0 Å². The van der Waals surface area contributed by atoms with Crippen LogP contribution >= 0.6 is 0 Å². The monoisotopic (exact) mass is 287 g/mol. The lowest BCUT2D eigenvalue weighted by Crippen LogP contribution is -2.45. The maximum absolute atomic E-state index is 12.2. The number of nitrogens with two attached hydrogens (primary N) is 1. The van der Waals surface area contributed by atoms with E-state index in [-0.39, 0.29) is 5.56 Å². The van der Waals surface area contributed by atoms with Crippen molar-refractivity contribution in [3.8, 4) is 0 Å². The number of carbonyl (C=O) groups is 3. The second-order valence-corrected chi connectivity index (χ2v) is 4.41. The number of rotatable bonds is 5. The maximum atomic E-state index is 12.2. The first-order valence-corrected chi connectivity index (χ1v) is 6.14. The Morgan fingerprint density at radius 3 is 2.62 bits per heavy atom. The van der Waals surface area contributed by atoms with E-state index in [1.807, 2.05) is 0 Å². The maximum Gasteiger partial charge on any atom is 0.305 e. The summed E-state index contributed by atoms with van der Waals surface area (Å²) in [5.74, 6) is -2.72. The van der Waals surface area contributed by atoms with E-state index in [0.29, 0.717) is 5.52 Å². The summed E-state index contributed by atoms with van der Waals surface area (Å²) in [6.07, 6.45) is 0.973. The summed E-state index contributed by atoms with van der Waals surface area (Å²) < 4.78 is 0. The van der Waals surface area contributed by atoms with Gasteiger partial charge in [-0.05, 0) is 12.1 Å². The lowest BCUT2D eigenvalue weighted by molar-refractivity contribution is -0.139. The molecule has 108 valence electrons. The van der Waals surface area contributed by atoms with Crippen molar-refractivity contribution in [1.29, 1.82) is 0 Å². The molecule has 0 aliphatic carbocycles. The number of nitrogens with one attached hydrogen (secondary N) is 1. The summed E-state index contributed by atoms with van der Waals surface area (Å²) in [6.45, 7) is 0. The highest BCUT2D eigenvalue weighted by atomic mass is 16.4. The average Bonchev–Trinajstić information content (AvgIpc) is 2.45. The number of pyridine rings is 1. The Morgan fingerprint density at radius 2 is 1.95 bits per heavy atom. The zero-order valence-electron chi connectivity index (χ0n) is 10.9. The number of aliphatic carboxylic acids is 1. The molecule has 0 fully saturated rings. The Labute approximate surface area is 119 Å². The van der Waals surface area contributed by atoms with Gasteiger partial charge in [-0.15, -0.1) is 0 Å². The van der Waals surface area contributed by atoms with E-state index >= 15 is 0 Å². The Bertz CT molecular complexity index is 709. The third kappa shape index (κ3) is 3.33. The predicted octanol–water partition coefficient (Wildman–Crippen LogP) is 0.293. The Morgan fingerprint density at radius 1 is 1.24 bits per heavy atom. The van der Waals surface area contributed by atoms with Crippen LogP contribution < -0.4 is 11.1 Å². The Hall–Kier alpha value is -2.96. The smallest absolute Gasteiger partial charge is 0.305 e. The standard InChI is InChI=1S/C14H13N3O4/c15-13(20)10(7-11(18)19)17-14(21)9-5-1-3-8-4-2-6-16-12(8)9/h1-6,10H,7H2,(H2,15,20)(H,17,21)(H,18,19)/t10-/m0/s1. The van der Waals surface area contributed by atoms with Gasteiger partial charge < -0.3 is 16.2 Å². The molecule has 0 bridgehead atoms. The number of hydrogen-bond acceptors (Lipinski definition) is 4. The first-order chi connectivity index (χ1) is 9.99. The summed E-state index contributed by atoms with van der Waals surface area (Å²) in [6, 6.07) is 7.28. The molecule has 21 heavy (non-hydrogen) atoms. The van der Waals surface area contributed by atoms with Crippen molar-refractivity contribution in [2.45, 2.75) is 12.5 Å². The minimum Gasteiger partial charge on any atom is -0.481 e. The van der Waals surface area contributed by atoms with E-state index in [4.69, 9.17) is 10.8 Å². The molecule has 0 saturated heterocycles. The molecule has 2 amide bonds. The molecule has 0 radical (unpaired) electrons. The molecule has 0 saturated carbocycles. The molecule has 1 heterocycles. The quantitative estimate of drug-likeness (QED) is 0.729. The van der Waals surface area contributed by atoms with Crippen molar-refractivity contribution < 1.29 is 19.5 Å². The van der Waals surface area contributed by atoms with Crippen molar-refractivity contribution in [3.63, 3.8) is 0 Å².